The smallest absolute Gasteiger partial charge is 0.409 e. The van der Waals surface area contributed by atoms with E-state index in [1.165, 1.54) is 0 Å². The molecule has 0 aliphatic carbocycles. The Labute approximate surface area is 202 Å². The molecular formula is C20H34IN5O4S. The lowest BCUT2D eigenvalue weighted by atomic mass is 10.1. The van der Waals surface area contributed by atoms with Crippen molar-refractivity contribution < 1.29 is 17.9 Å². The maximum absolute atomic E-state index is 12.3. The molecule has 2 N–H and O–H groups in total. The second kappa shape index (κ2) is 13.1. The molecule has 0 saturated carbocycles. The molecule has 1 fully saturated rings. The van der Waals surface area contributed by atoms with E-state index in [-0.39, 0.29) is 41.9 Å². The Morgan fingerprint density at radius 3 is 2.26 bits per heavy atom. The van der Waals surface area contributed by atoms with Crippen molar-refractivity contribution in [2.45, 2.75) is 39.1 Å². The first kappa shape index (κ1) is 27.4. The number of hydrogen-bond donors (Lipinski definition) is 2. The number of nitrogens with one attached hydrogen (secondary N) is 2. The Morgan fingerprint density at radius 1 is 1.13 bits per heavy atom. The topological polar surface area (TPSA) is 103 Å². The van der Waals surface area contributed by atoms with Crippen LogP contribution >= 0.6 is 24.0 Å². The molecule has 31 heavy (non-hydrogen) atoms. The number of sulfonamides is 1. The van der Waals surface area contributed by atoms with Gasteiger partial charge in [-0.3, -0.25) is 4.99 Å². The van der Waals surface area contributed by atoms with E-state index >= 15 is 0 Å². The number of amides is 1. The van der Waals surface area contributed by atoms with Gasteiger partial charge in [0, 0.05) is 45.8 Å². The number of benzene rings is 1. The van der Waals surface area contributed by atoms with Crippen LogP contribution in [0.25, 0.3) is 0 Å². The Bertz CT molecular complexity index is 840. The third-order valence-corrected chi connectivity index (χ3v) is 6.15. The van der Waals surface area contributed by atoms with Crippen LogP contribution in [-0.2, 0) is 27.1 Å². The summed E-state index contributed by atoms with van der Waals surface area (Å²) in [6, 6.07) is 7.33. The van der Waals surface area contributed by atoms with Gasteiger partial charge in [-0.25, -0.2) is 17.9 Å². The van der Waals surface area contributed by atoms with E-state index in [9.17, 15) is 13.2 Å². The van der Waals surface area contributed by atoms with E-state index in [0.717, 1.165) is 17.1 Å². The zero-order chi connectivity index (χ0) is 22.1. The Morgan fingerprint density at radius 2 is 1.71 bits per heavy atom. The van der Waals surface area contributed by atoms with Gasteiger partial charge in [0.15, 0.2) is 5.96 Å². The van der Waals surface area contributed by atoms with Crippen molar-refractivity contribution in [2.75, 3.05) is 39.8 Å². The molecule has 0 atom stereocenters. The van der Waals surface area contributed by atoms with Gasteiger partial charge in [-0.2, -0.15) is 0 Å². The number of hydrogen-bond acceptors (Lipinski definition) is 5. The molecule has 1 amide bonds. The van der Waals surface area contributed by atoms with E-state index in [2.05, 4.69) is 19.9 Å². The van der Waals surface area contributed by atoms with Crippen molar-refractivity contribution >= 4 is 46.1 Å². The monoisotopic (exact) mass is 567 g/mol. The fourth-order valence-electron chi connectivity index (χ4n) is 3.30. The Kier molecular flexibility index (Phi) is 11.6. The summed E-state index contributed by atoms with van der Waals surface area (Å²) in [6.45, 7) is 8.64. The van der Waals surface area contributed by atoms with Crippen LogP contribution in [0.4, 0.5) is 4.79 Å². The predicted octanol–water partition coefficient (Wildman–Crippen LogP) is 1.98. The van der Waals surface area contributed by atoms with E-state index in [1.807, 2.05) is 24.3 Å². The SMILES string of the molecule is CCOC(=O)N1CCN(C(=NC)NCc2ccccc2CS(=O)(=O)NC(C)C)CC1.I. The minimum atomic E-state index is -3.41. The molecule has 0 aromatic heterocycles. The van der Waals surface area contributed by atoms with Gasteiger partial charge in [-0.05, 0) is 31.9 Å². The summed E-state index contributed by atoms with van der Waals surface area (Å²) in [5, 5.41) is 3.32. The van der Waals surface area contributed by atoms with Gasteiger partial charge in [-0.1, -0.05) is 24.3 Å². The molecule has 1 saturated heterocycles. The first-order valence-corrected chi connectivity index (χ1v) is 11.8. The average molecular weight is 567 g/mol. The fraction of sp³-hybridized carbons (Fsp3) is 0.600. The van der Waals surface area contributed by atoms with Crippen LogP contribution in [0.5, 0.6) is 0 Å². The van der Waals surface area contributed by atoms with E-state index < -0.39 is 10.0 Å². The van der Waals surface area contributed by atoms with E-state index in [0.29, 0.717) is 39.3 Å². The number of guanidine groups is 1. The average Bonchev–Trinajstić information content (AvgIpc) is 2.69. The summed E-state index contributed by atoms with van der Waals surface area (Å²) in [4.78, 5) is 20.0. The lowest BCUT2D eigenvalue weighted by Gasteiger charge is -2.35. The highest BCUT2D eigenvalue weighted by Crippen LogP contribution is 2.13. The largest absolute Gasteiger partial charge is 0.450 e. The minimum absolute atomic E-state index is 0. The van der Waals surface area contributed by atoms with Gasteiger partial charge in [0.25, 0.3) is 0 Å². The number of aliphatic imine (C=N–C) groups is 1. The highest BCUT2D eigenvalue weighted by Gasteiger charge is 2.24. The second-order valence-electron chi connectivity index (χ2n) is 7.37. The summed E-state index contributed by atoms with van der Waals surface area (Å²) in [7, 11) is -1.70. The maximum atomic E-state index is 12.3. The summed E-state index contributed by atoms with van der Waals surface area (Å²) in [5.41, 5.74) is 1.65. The molecule has 2 rings (SSSR count). The number of piperazine rings is 1. The molecule has 176 valence electrons. The quantitative estimate of drug-likeness (QED) is 0.297. The summed E-state index contributed by atoms with van der Waals surface area (Å²) < 4.78 is 32.3. The highest BCUT2D eigenvalue weighted by molar-refractivity contribution is 14.0. The van der Waals surface area contributed by atoms with Crippen LogP contribution < -0.4 is 10.0 Å². The van der Waals surface area contributed by atoms with Crippen molar-refractivity contribution in [2.24, 2.45) is 4.99 Å². The van der Waals surface area contributed by atoms with Crippen molar-refractivity contribution in [1.29, 1.82) is 0 Å². The molecular weight excluding hydrogens is 533 g/mol. The Hall–Kier alpha value is -1.60. The normalized spacial score (nSPS) is 14.9. The molecule has 1 aliphatic rings. The molecule has 0 radical (unpaired) electrons. The summed E-state index contributed by atoms with van der Waals surface area (Å²) in [5.74, 6) is 0.649. The lowest BCUT2D eigenvalue weighted by molar-refractivity contribution is 0.0914. The highest BCUT2D eigenvalue weighted by atomic mass is 127. The van der Waals surface area contributed by atoms with Crippen LogP contribution in [0, 0.1) is 0 Å². The molecule has 0 unspecified atom stereocenters. The number of nitrogens with zero attached hydrogens (tertiary/aromatic N) is 3. The van der Waals surface area contributed by atoms with Gasteiger partial charge < -0.3 is 19.9 Å². The molecule has 0 bridgehead atoms. The van der Waals surface area contributed by atoms with Crippen LogP contribution in [0.3, 0.4) is 0 Å². The number of rotatable bonds is 7. The molecule has 1 heterocycles. The predicted molar refractivity (Wildman–Crippen MR) is 133 cm³/mol. The van der Waals surface area contributed by atoms with Gasteiger partial charge in [-0.15, -0.1) is 24.0 Å². The molecule has 0 spiro atoms. The molecule has 11 heteroatoms. The zero-order valence-corrected chi connectivity index (χ0v) is 21.8. The molecule has 1 aliphatic heterocycles. The third kappa shape index (κ3) is 8.81. The first-order valence-electron chi connectivity index (χ1n) is 10.2. The lowest BCUT2D eigenvalue weighted by Crippen LogP contribution is -2.53. The van der Waals surface area contributed by atoms with Crippen molar-refractivity contribution in [3.8, 4) is 0 Å². The van der Waals surface area contributed by atoms with Gasteiger partial charge in [0.2, 0.25) is 10.0 Å². The van der Waals surface area contributed by atoms with Crippen LogP contribution in [0.2, 0.25) is 0 Å². The second-order valence-corrected chi connectivity index (χ2v) is 9.13. The first-order chi connectivity index (χ1) is 14.3. The standard InChI is InChI=1S/C20H33N5O4S.HI/c1-5-29-20(26)25-12-10-24(11-13-25)19(21-4)22-14-17-8-6-7-9-18(17)15-30(27,28)23-16(2)3;/h6-9,16,23H,5,10-15H2,1-4H3,(H,21,22);1H. The van der Waals surface area contributed by atoms with Gasteiger partial charge in [0.1, 0.15) is 0 Å². The van der Waals surface area contributed by atoms with E-state index in [1.54, 1.807) is 32.7 Å². The maximum Gasteiger partial charge on any atom is 0.409 e. The fourth-order valence-corrected chi connectivity index (χ4v) is 4.79. The number of carbonyl (C=O) groups is 1. The minimum Gasteiger partial charge on any atom is -0.450 e. The van der Waals surface area contributed by atoms with E-state index in [4.69, 9.17) is 4.74 Å². The third-order valence-electron chi connectivity index (χ3n) is 4.63. The number of halogens is 1. The van der Waals surface area contributed by atoms with Crippen molar-refractivity contribution in [3.63, 3.8) is 0 Å². The summed E-state index contributed by atoms with van der Waals surface area (Å²) >= 11 is 0. The molecule has 9 nitrogen and oxygen atoms in total. The van der Waals surface area contributed by atoms with Crippen molar-refractivity contribution in [1.82, 2.24) is 19.8 Å². The molecule has 1 aromatic rings. The summed E-state index contributed by atoms with van der Waals surface area (Å²) in [6.07, 6.45) is -0.287. The molecule has 1 aromatic carbocycles. The van der Waals surface area contributed by atoms with Gasteiger partial charge >= 0.3 is 6.09 Å². The zero-order valence-electron chi connectivity index (χ0n) is 18.6. The van der Waals surface area contributed by atoms with Crippen LogP contribution in [0.1, 0.15) is 31.9 Å². The number of carbonyl (C=O) groups excluding carboxylic acids is 1. The van der Waals surface area contributed by atoms with Crippen LogP contribution in [0.15, 0.2) is 29.3 Å². The van der Waals surface area contributed by atoms with Crippen molar-refractivity contribution in [3.05, 3.63) is 35.4 Å². The van der Waals surface area contributed by atoms with Gasteiger partial charge in [0.05, 0.1) is 12.4 Å². The Balaban J connectivity index is 0.00000480. The number of ether oxygens (including phenoxy) is 1. The van der Waals surface area contributed by atoms with Crippen LogP contribution in [-0.4, -0.2) is 76.1 Å².